The molecule has 1 fully saturated rings. The molecule has 0 aromatic carbocycles. The Morgan fingerprint density at radius 2 is 1.70 bits per heavy atom. The van der Waals surface area contributed by atoms with Crippen LogP contribution in [0.25, 0.3) is 0 Å². The van der Waals surface area contributed by atoms with E-state index in [1.54, 1.807) is 0 Å². The summed E-state index contributed by atoms with van der Waals surface area (Å²) in [5, 5.41) is 0. The molecular formula is C20H36. The third-order valence-electron chi connectivity index (χ3n) is 6.67. The van der Waals surface area contributed by atoms with E-state index in [0.29, 0.717) is 0 Å². The molecule has 2 aliphatic rings. The maximum atomic E-state index is 2.74. The van der Waals surface area contributed by atoms with Crippen LogP contribution in [0.15, 0.2) is 11.6 Å². The van der Waals surface area contributed by atoms with E-state index in [4.69, 9.17) is 0 Å². The van der Waals surface area contributed by atoms with E-state index < -0.39 is 0 Å². The highest BCUT2D eigenvalue weighted by molar-refractivity contribution is 5.21. The Kier molecular flexibility index (Phi) is 5.37. The summed E-state index contributed by atoms with van der Waals surface area (Å²) >= 11 is 0. The fraction of sp³-hybridized carbons (Fsp3) is 0.900. The quantitative estimate of drug-likeness (QED) is 0.515. The zero-order chi connectivity index (χ0) is 14.9. The predicted molar refractivity (Wildman–Crippen MR) is 89.6 cm³/mol. The summed E-state index contributed by atoms with van der Waals surface area (Å²) in [7, 11) is 0. The van der Waals surface area contributed by atoms with Crippen LogP contribution < -0.4 is 0 Å². The van der Waals surface area contributed by atoms with Gasteiger partial charge in [-0.3, -0.25) is 0 Å². The Labute approximate surface area is 127 Å². The molecule has 0 saturated heterocycles. The molecule has 0 heterocycles. The zero-order valence-corrected chi connectivity index (χ0v) is 14.7. The third kappa shape index (κ3) is 2.85. The molecule has 0 N–H and O–H groups in total. The van der Waals surface area contributed by atoms with Crippen molar-refractivity contribution < 1.29 is 0 Å². The molecule has 0 bridgehead atoms. The van der Waals surface area contributed by atoms with Gasteiger partial charge in [0.1, 0.15) is 0 Å². The average molecular weight is 277 g/mol. The van der Waals surface area contributed by atoms with Crippen LogP contribution in [0.3, 0.4) is 0 Å². The molecule has 4 unspecified atom stereocenters. The second-order valence-electron chi connectivity index (χ2n) is 7.86. The first-order chi connectivity index (χ1) is 9.53. The molecule has 116 valence electrons. The van der Waals surface area contributed by atoms with Crippen molar-refractivity contribution in [3.63, 3.8) is 0 Å². The molecular weight excluding hydrogens is 240 g/mol. The smallest absolute Gasteiger partial charge is 0.0174 e. The minimum atomic E-state index is 0.853. The van der Waals surface area contributed by atoms with Crippen molar-refractivity contribution in [3.8, 4) is 0 Å². The molecule has 0 nitrogen and oxygen atoms in total. The summed E-state index contributed by atoms with van der Waals surface area (Å²) in [4.78, 5) is 0. The maximum Gasteiger partial charge on any atom is -0.0174 e. The number of rotatable bonds is 5. The van der Waals surface area contributed by atoms with Gasteiger partial charge in [0.2, 0.25) is 0 Å². The van der Waals surface area contributed by atoms with Crippen molar-refractivity contribution in [2.24, 2.45) is 41.4 Å². The molecule has 0 spiro atoms. The van der Waals surface area contributed by atoms with Crippen LogP contribution >= 0.6 is 0 Å². The summed E-state index contributed by atoms with van der Waals surface area (Å²) in [6.45, 7) is 14.5. The number of hydrogen-bond acceptors (Lipinski definition) is 0. The minimum Gasteiger partial charge on any atom is -0.0814 e. The van der Waals surface area contributed by atoms with Crippen LogP contribution in [0.1, 0.15) is 73.6 Å². The topological polar surface area (TPSA) is 0 Å². The molecule has 20 heavy (non-hydrogen) atoms. The lowest BCUT2D eigenvalue weighted by Crippen LogP contribution is -2.38. The molecule has 0 aromatic rings. The van der Waals surface area contributed by atoms with Crippen LogP contribution in [0.4, 0.5) is 0 Å². The molecule has 2 aliphatic carbocycles. The maximum absolute atomic E-state index is 2.74. The summed E-state index contributed by atoms with van der Waals surface area (Å²) in [6, 6.07) is 0. The van der Waals surface area contributed by atoms with Crippen LogP contribution in [0, 0.1) is 41.4 Å². The lowest BCUT2D eigenvalue weighted by molar-refractivity contribution is 0.120. The van der Waals surface area contributed by atoms with Crippen molar-refractivity contribution in [2.75, 3.05) is 0 Å². The van der Waals surface area contributed by atoms with Gasteiger partial charge in [0, 0.05) is 0 Å². The van der Waals surface area contributed by atoms with Gasteiger partial charge in [-0.15, -0.1) is 0 Å². The van der Waals surface area contributed by atoms with Gasteiger partial charge in [0.25, 0.3) is 0 Å². The molecule has 1 saturated carbocycles. The lowest BCUT2D eigenvalue weighted by atomic mass is 9.57. The Morgan fingerprint density at radius 3 is 2.15 bits per heavy atom. The van der Waals surface area contributed by atoms with Gasteiger partial charge in [-0.2, -0.15) is 0 Å². The van der Waals surface area contributed by atoms with Gasteiger partial charge < -0.3 is 0 Å². The molecule has 0 aromatic heterocycles. The molecule has 0 radical (unpaired) electrons. The monoisotopic (exact) mass is 276 g/mol. The van der Waals surface area contributed by atoms with E-state index in [9.17, 15) is 0 Å². The summed E-state index contributed by atoms with van der Waals surface area (Å²) in [6.07, 6.45) is 9.73. The summed E-state index contributed by atoms with van der Waals surface area (Å²) in [5.74, 6) is 6.37. The van der Waals surface area contributed by atoms with E-state index in [2.05, 4.69) is 47.6 Å². The first-order valence-corrected chi connectivity index (χ1v) is 9.24. The van der Waals surface area contributed by atoms with Crippen LogP contribution in [0.2, 0.25) is 0 Å². The average Bonchev–Trinajstić information content (AvgIpc) is 2.36. The van der Waals surface area contributed by atoms with Gasteiger partial charge >= 0.3 is 0 Å². The fourth-order valence-corrected chi connectivity index (χ4v) is 5.11. The van der Waals surface area contributed by atoms with Gasteiger partial charge in [-0.25, -0.2) is 0 Å². The fourth-order valence-electron chi connectivity index (χ4n) is 5.11. The predicted octanol–water partition coefficient (Wildman–Crippen LogP) is 6.32. The van der Waals surface area contributed by atoms with Crippen molar-refractivity contribution >= 4 is 0 Å². The number of hydrogen-bond donors (Lipinski definition) is 0. The van der Waals surface area contributed by atoms with Crippen molar-refractivity contribution in [3.05, 3.63) is 11.6 Å². The van der Waals surface area contributed by atoms with E-state index in [0.717, 1.165) is 41.4 Å². The molecule has 0 amide bonds. The Bertz CT molecular complexity index is 332. The molecule has 0 heteroatoms. The second kappa shape index (κ2) is 6.67. The van der Waals surface area contributed by atoms with E-state index in [1.807, 2.05) is 5.57 Å². The van der Waals surface area contributed by atoms with Crippen molar-refractivity contribution in [1.29, 1.82) is 0 Å². The SMILES string of the molecule is CCC1C=C(C2CC(C(C)C)C2)C(CC)C(C)C1CC. The van der Waals surface area contributed by atoms with Gasteiger partial charge in [0.05, 0.1) is 0 Å². The summed E-state index contributed by atoms with van der Waals surface area (Å²) in [5.41, 5.74) is 1.87. The lowest BCUT2D eigenvalue weighted by Gasteiger charge is -2.48. The number of allylic oxidation sites excluding steroid dienone is 2. The highest BCUT2D eigenvalue weighted by atomic mass is 14.5. The molecule has 4 atom stereocenters. The highest BCUT2D eigenvalue weighted by Gasteiger charge is 2.41. The van der Waals surface area contributed by atoms with Crippen LogP contribution in [-0.4, -0.2) is 0 Å². The third-order valence-corrected chi connectivity index (χ3v) is 6.67. The normalized spacial score (nSPS) is 41.5. The van der Waals surface area contributed by atoms with E-state index in [-0.39, 0.29) is 0 Å². The summed E-state index contributed by atoms with van der Waals surface area (Å²) < 4.78 is 0. The van der Waals surface area contributed by atoms with Crippen LogP contribution in [0.5, 0.6) is 0 Å². The minimum absolute atomic E-state index is 0.853. The largest absolute Gasteiger partial charge is 0.0814 e. The van der Waals surface area contributed by atoms with Gasteiger partial charge in [-0.05, 0) is 67.1 Å². The van der Waals surface area contributed by atoms with Crippen molar-refractivity contribution in [2.45, 2.75) is 73.6 Å². The Morgan fingerprint density at radius 1 is 1.05 bits per heavy atom. The second-order valence-corrected chi connectivity index (χ2v) is 7.86. The van der Waals surface area contributed by atoms with Crippen molar-refractivity contribution in [1.82, 2.24) is 0 Å². The Hall–Kier alpha value is -0.260. The van der Waals surface area contributed by atoms with Crippen LogP contribution in [-0.2, 0) is 0 Å². The highest BCUT2D eigenvalue weighted by Crippen LogP contribution is 2.51. The molecule has 0 aliphatic heterocycles. The van der Waals surface area contributed by atoms with Gasteiger partial charge in [0.15, 0.2) is 0 Å². The zero-order valence-electron chi connectivity index (χ0n) is 14.7. The van der Waals surface area contributed by atoms with E-state index in [1.165, 1.54) is 32.1 Å². The Balaban J connectivity index is 2.15. The first-order valence-electron chi connectivity index (χ1n) is 9.24. The van der Waals surface area contributed by atoms with Gasteiger partial charge in [-0.1, -0.05) is 59.6 Å². The van der Waals surface area contributed by atoms with E-state index >= 15 is 0 Å². The first kappa shape index (κ1) is 16.1. The standard InChI is InChI=1S/C20H36/c1-7-15-12-20(17-10-16(11-17)13(4)5)19(9-3)14(6)18(15)8-2/h12-19H,7-11H2,1-6H3. The molecule has 2 rings (SSSR count).